The fourth-order valence-corrected chi connectivity index (χ4v) is 4.77. The Kier molecular flexibility index (Phi) is 5.80. The molecule has 2 aromatic heterocycles. The molecule has 1 saturated heterocycles. The number of thiazole rings is 1. The molecule has 0 radical (unpaired) electrons. The molecule has 0 atom stereocenters. The third-order valence-corrected chi connectivity index (χ3v) is 6.51. The Morgan fingerprint density at radius 1 is 1.09 bits per heavy atom. The van der Waals surface area contributed by atoms with E-state index < -0.39 is 4.92 Å². The number of aromatic nitrogens is 3. The normalized spacial score (nSPS) is 13.8. The van der Waals surface area contributed by atoms with Gasteiger partial charge in [0, 0.05) is 31.9 Å². The Labute approximate surface area is 197 Å². The summed E-state index contributed by atoms with van der Waals surface area (Å²) >= 11 is 1.35. The largest absolute Gasteiger partial charge is 0.497 e. The Hall–Kier alpha value is -4.06. The molecule has 10 nitrogen and oxygen atoms in total. The number of hydrogen-bond acceptors (Lipinski definition) is 10. The third-order valence-electron chi connectivity index (χ3n) is 5.58. The number of hydrogen-bond donors (Lipinski definition) is 1. The maximum absolute atomic E-state index is 13.2. The van der Waals surface area contributed by atoms with Gasteiger partial charge in [-0.25, -0.2) is 19.3 Å². The lowest BCUT2D eigenvalue weighted by atomic mass is 10.2. The van der Waals surface area contributed by atoms with Crippen molar-refractivity contribution in [3.05, 3.63) is 64.7 Å². The number of nitrogens with zero attached hydrogens (tertiary/aromatic N) is 6. The van der Waals surface area contributed by atoms with Gasteiger partial charge in [0.25, 0.3) is 0 Å². The molecule has 12 heteroatoms. The summed E-state index contributed by atoms with van der Waals surface area (Å²) in [5, 5.41) is 15.5. The van der Waals surface area contributed by atoms with Gasteiger partial charge in [-0.2, -0.15) is 0 Å². The highest BCUT2D eigenvalue weighted by molar-refractivity contribution is 7.22. The highest BCUT2D eigenvalue weighted by Crippen LogP contribution is 2.36. The summed E-state index contributed by atoms with van der Waals surface area (Å²) in [5.41, 5.74) is 1.46. The van der Waals surface area contributed by atoms with Crippen molar-refractivity contribution in [2.45, 2.75) is 0 Å². The van der Waals surface area contributed by atoms with Crippen LogP contribution < -0.4 is 19.9 Å². The summed E-state index contributed by atoms with van der Waals surface area (Å²) in [5.74, 6) is 0.759. The monoisotopic (exact) mass is 481 g/mol. The Bertz CT molecular complexity index is 1340. The first-order valence-corrected chi connectivity index (χ1v) is 11.3. The van der Waals surface area contributed by atoms with Crippen LogP contribution >= 0.6 is 11.3 Å². The van der Waals surface area contributed by atoms with Gasteiger partial charge >= 0.3 is 5.69 Å². The van der Waals surface area contributed by atoms with Gasteiger partial charge in [-0.15, -0.1) is 0 Å². The molecular weight excluding hydrogens is 461 g/mol. The van der Waals surface area contributed by atoms with Gasteiger partial charge < -0.3 is 19.9 Å². The Morgan fingerprint density at radius 2 is 1.82 bits per heavy atom. The highest BCUT2D eigenvalue weighted by Gasteiger charge is 2.30. The summed E-state index contributed by atoms with van der Waals surface area (Å²) < 4.78 is 19.4. The first kappa shape index (κ1) is 21.8. The van der Waals surface area contributed by atoms with Crippen LogP contribution in [0.2, 0.25) is 0 Å². The molecule has 3 heterocycles. The van der Waals surface area contributed by atoms with Crippen LogP contribution in [0.1, 0.15) is 0 Å². The fourth-order valence-electron chi connectivity index (χ4n) is 3.88. The van der Waals surface area contributed by atoms with Crippen molar-refractivity contribution >= 4 is 49.7 Å². The summed E-state index contributed by atoms with van der Waals surface area (Å²) in [6.07, 6.45) is 1.31. The van der Waals surface area contributed by atoms with Crippen molar-refractivity contribution < 1.29 is 14.1 Å². The topological polar surface area (TPSA) is 110 Å². The molecule has 0 saturated carbocycles. The number of benzene rings is 2. The number of halogens is 1. The van der Waals surface area contributed by atoms with Gasteiger partial charge in [-0.3, -0.25) is 10.1 Å². The molecule has 1 fully saturated rings. The number of fused-ring (bicyclic) bond motifs is 1. The first-order chi connectivity index (χ1) is 16.5. The maximum Gasteiger partial charge on any atom is 0.353 e. The minimum atomic E-state index is -0.472. The molecule has 0 amide bonds. The van der Waals surface area contributed by atoms with Crippen LogP contribution in [-0.4, -0.2) is 53.2 Å². The number of nitro groups is 1. The molecule has 0 aliphatic carbocycles. The van der Waals surface area contributed by atoms with Crippen molar-refractivity contribution in [2.75, 3.05) is 48.4 Å². The minimum absolute atomic E-state index is 0.0852. The van der Waals surface area contributed by atoms with Gasteiger partial charge in [0.1, 0.15) is 17.9 Å². The van der Waals surface area contributed by atoms with Gasteiger partial charge in [0.2, 0.25) is 11.6 Å². The SMILES string of the molecule is COc1ccc2nc(Nc3ncnc(N4CCN(c5ccc(F)cc5)CC4)c3[N+](=O)[O-])sc2c1. The lowest BCUT2D eigenvalue weighted by Gasteiger charge is -2.36. The zero-order valence-corrected chi connectivity index (χ0v) is 19.0. The molecular formula is C22H20FN7O3S. The number of methoxy groups -OCH3 is 1. The molecule has 1 aliphatic rings. The number of ether oxygens (including phenoxy) is 1. The maximum atomic E-state index is 13.2. The molecule has 34 heavy (non-hydrogen) atoms. The van der Waals surface area contributed by atoms with E-state index in [0.29, 0.717) is 37.1 Å². The quantitative estimate of drug-likeness (QED) is 0.320. The number of rotatable bonds is 6. The molecule has 1 aliphatic heterocycles. The van der Waals surface area contributed by atoms with E-state index in [-0.39, 0.29) is 23.1 Å². The van der Waals surface area contributed by atoms with Gasteiger partial charge in [0.15, 0.2) is 5.13 Å². The first-order valence-electron chi connectivity index (χ1n) is 10.5. The lowest BCUT2D eigenvalue weighted by Crippen LogP contribution is -2.47. The summed E-state index contributed by atoms with van der Waals surface area (Å²) in [6, 6.07) is 11.8. The van der Waals surface area contributed by atoms with Crippen molar-refractivity contribution in [2.24, 2.45) is 0 Å². The van der Waals surface area contributed by atoms with Gasteiger partial charge in [-0.05, 0) is 42.5 Å². The second kappa shape index (κ2) is 9.06. The third kappa shape index (κ3) is 4.27. The highest BCUT2D eigenvalue weighted by atomic mass is 32.1. The van der Waals surface area contributed by atoms with E-state index in [0.717, 1.165) is 15.9 Å². The molecule has 5 rings (SSSR count). The van der Waals surface area contributed by atoms with Crippen LogP contribution in [0, 0.1) is 15.9 Å². The summed E-state index contributed by atoms with van der Waals surface area (Å²) in [7, 11) is 1.59. The molecule has 1 N–H and O–H groups in total. The smallest absolute Gasteiger partial charge is 0.353 e. The lowest BCUT2D eigenvalue weighted by molar-refractivity contribution is -0.383. The molecule has 174 valence electrons. The van der Waals surface area contributed by atoms with Crippen LogP contribution in [0.25, 0.3) is 10.2 Å². The number of nitrogens with one attached hydrogen (secondary N) is 1. The fraction of sp³-hybridized carbons (Fsp3) is 0.227. The average Bonchev–Trinajstić information content (AvgIpc) is 3.25. The predicted octanol–water partition coefficient (Wildman–Crippen LogP) is 4.21. The molecule has 2 aromatic carbocycles. The van der Waals surface area contributed by atoms with E-state index in [1.165, 1.54) is 29.8 Å². The summed E-state index contributed by atoms with van der Waals surface area (Å²) in [6.45, 7) is 2.29. The second-order valence-electron chi connectivity index (χ2n) is 7.58. The van der Waals surface area contributed by atoms with Crippen LogP contribution in [0.15, 0.2) is 48.8 Å². The van der Waals surface area contributed by atoms with Crippen molar-refractivity contribution in [3.8, 4) is 5.75 Å². The van der Waals surface area contributed by atoms with Crippen molar-refractivity contribution in [1.82, 2.24) is 15.0 Å². The van der Waals surface area contributed by atoms with E-state index >= 15 is 0 Å². The van der Waals surface area contributed by atoms with Gasteiger partial charge in [0.05, 0.1) is 22.2 Å². The predicted molar refractivity (Wildman–Crippen MR) is 129 cm³/mol. The average molecular weight is 482 g/mol. The number of anilines is 4. The molecule has 0 bridgehead atoms. The molecule has 0 spiro atoms. The molecule has 4 aromatic rings. The number of piperazine rings is 1. The van der Waals surface area contributed by atoms with Crippen LogP contribution in [0.4, 0.5) is 32.5 Å². The summed E-state index contributed by atoms with van der Waals surface area (Å²) in [4.78, 5) is 28.4. The van der Waals surface area contributed by atoms with Gasteiger partial charge in [-0.1, -0.05) is 11.3 Å². The van der Waals surface area contributed by atoms with Crippen LogP contribution in [0.5, 0.6) is 5.75 Å². The Morgan fingerprint density at radius 3 is 2.53 bits per heavy atom. The van der Waals surface area contributed by atoms with E-state index in [1.54, 1.807) is 19.2 Å². The zero-order chi connectivity index (χ0) is 23.7. The van der Waals surface area contributed by atoms with E-state index in [2.05, 4.69) is 25.2 Å². The van der Waals surface area contributed by atoms with Crippen molar-refractivity contribution in [3.63, 3.8) is 0 Å². The Balaban J connectivity index is 1.38. The van der Waals surface area contributed by atoms with E-state index in [1.807, 2.05) is 23.1 Å². The standard InChI is InChI=1S/C22H20FN7O3S/c1-33-16-6-7-17-18(12-16)34-22(26-17)27-20-19(30(31)32)21(25-13-24-20)29-10-8-28(9-11-29)15-4-2-14(23)3-5-15/h2-7,12-13H,8-11H2,1H3,(H,24,25,26,27). The zero-order valence-electron chi connectivity index (χ0n) is 18.1. The van der Waals surface area contributed by atoms with E-state index in [9.17, 15) is 14.5 Å². The second-order valence-corrected chi connectivity index (χ2v) is 8.61. The molecule has 0 unspecified atom stereocenters. The van der Waals surface area contributed by atoms with Crippen LogP contribution in [-0.2, 0) is 0 Å². The minimum Gasteiger partial charge on any atom is -0.497 e. The van der Waals surface area contributed by atoms with E-state index in [4.69, 9.17) is 4.74 Å². The van der Waals surface area contributed by atoms with Crippen LogP contribution in [0.3, 0.4) is 0 Å². The van der Waals surface area contributed by atoms with Crippen molar-refractivity contribution in [1.29, 1.82) is 0 Å².